The van der Waals surface area contributed by atoms with Gasteiger partial charge in [0.1, 0.15) is 5.75 Å². The van der Waals surface area contributed by atoms with Crippen molar-refractivity contribution in [2.75, 3.05) is 66.5 Å². The molecular weight excluding hydrogens is 524 g/mol. The van der Waals surface area contributed by atoms with Gasteiger partial charge >= 0.3 is 6.03 Å². The van der Waals surface area contributed by atoms with Crippen LogP contribution >= 0.6 is 0 Å². The molecule has 41 heavy (non-hydrogen) atoms. The third-order valence-corrected chi connectivity index (χ3v) is 7.00. The molecule has 0 aromatic heterocycles. The summed E-state index contributed by atoms with van der Waals surface area (Å²) in [4.78, 5) is 17.2. The fraction of sp³-hybridized carbons (Fsp3) is 0.355. The number of rotatable bonds is 11. The first-order valence-electron chi connectivity index (χ1n) is 13.3. The zero-order chi connectivity index (χ0) is 29.2. The van der Waals surface area contributed by atoms with Crippen molar-refractivity contribution in [2.45, 2.75) is 12.7 Å². The van der Waals surface area contributed by atoms with Crippen LogP contribution in [0.1, 0.15) is 22.8 Å². The number of urea groups is 1. The minimum absolute atomic E-state index is 0.194. The molecule has 0 spiro atoms. The van der Waals surface area contributed by atoms with E-state index in [0.29, 0.717) is 67.8 Å². The first-order chi connectivity index (χ1) is 20.0. The van der Waals surface area contributed by atoms with Crippen LogP contribution in [0, 0.1) is 11.3 Å². The molecular formula is C31H36N4O6. The van der Waals surface area contributed by atoms with Gasteiger partial charge in [0.15, 0.2) is 11.5 Å². The molecule has 1 N–H and O–H groups in total. The van der Waals surface area contributed by atoms with Gasteiger partial charge < -0.3 is 33.9 Å². The third kappa shape index (κ3) is 7.60. The lowest BCUT2D eigenvalue weighted by molar-refractivity contribution is 0.00584. The van der Waals surface area contributed by atoms with E-state index in [9.17, 15) is 4.79 Å². The van der Waals surface area contributed by atoms with Crippen molar-refractivity contribution in [1.29, 1.82) is 5.26 Å². The fourth-order valence-electron chi connectivity index (χ4n) is 4.69. The molecule has 10 nitrogen and oxygen atoms in total. The molecule has 0 saturated carbocycles. The summed E-state index contributed by atoms with van der Waals surface area (Å²) in [7, 11) is 6.26. The van der Waals surface area contributed by atoms with Crippen molar-refractivity contribution in [3.63, 3.8) is 0 Å². The Morgan fingerprint density at radius 3 is 2.17 bits per heavy atom. The maximum atomic E-state index is 13.1. The molecule has 0 bridgehead atoms. The topological polar surface area (TPSA) is 106 Å². The van der Waals surface area contributed by atoms with Crippen molar-refractivity contribution in [2.24, 2.45) is 0 Å². The SMILES string of the molecule is COc1cccc(C(CN2CCN(C(=O)Nc3cc(OC)c(OC)c(OC)c3)CC2)OCc2ccc(C#N)cc2)c1. The van der Waals surface area contributed by atoms with Gasteiger partial charge in [-0.1, -0.05) is 24.3 Å². The smallest absolute Gasteiger partial charge is 0.321 e. The summed E-state index contributed by atoms with van der Waals surface area (Å²) >= 11 is 0. The number of amides is 2. The first-order valence-corrected chi connectivity index (χ1v) is 13.3. The summed E-state index contributed by atoms with van der Waals surface area (Å²) < 4.78 is 28.0. The predicted octanol–water partition coefficient (Wildman–Crippen LogP) is 4.70. The Hall–Kier alpha value is -4.46. The second-order valence-electron chi connectivity index (χ2n) is 9.52. The molecule has 1 atom stereocenters. The van der Waals surface area contributed by atoms with Crippen LogP contribution in [-0.4, -0.2) is 77.0 Å². The molecule has 2 amide bonds. The molecule has 3 aromatic carbocycles. The highest BCUT2D eigenvalue weighted by atomic mass is 16.5. The molecule has 1 heterocycles. The minimum atomic E-state index is -0.208. The van der Waals surface area contributed by atoms with Crippen molar-refractivity contribution < 1.29 is 28.5 Å². The molecule has 10 heteroatoms. The van der Waals surface area contributed by atoms with E-state index in [4.69, 9.17) is 28.9 Å². The van der Waals surface area contributed by atoms with Crippen molar-refractivity contribution in [3.8, 4) is 29.1 Å². The number of nitrogens with zero attached hydrogens (tertiary/aromatic N) is 3. The fourth-order valence-corrected chi connectivity index (χ4v) is 4.69. The summed E-state index contributed by atoms with van der Waals surface area (Å²) in [6.45, 7) is 3.59. The van der Waals surface area contributed by atoms with E-state index >= 15 is 0 Å². The van der Waals surface area contributed by atoms with Crippen molar-refractivity contribution in [1.82, 2.24) is 9.80 Å². The molecule has 1 fully saturated rings. The summed E-state index contributed by atoms with van der Waals surface area (Å²) in [5.74, 6) is 2.17. The average Bonchev–Trinajstić information content (AvgIpc) is 3.02. The van der Waals surface area contributed by atoms with Crippen LogP contribution in [0.4, 0.5) is 10.5 Å². The van der Waals surface area contributed by atoms with Gasteiger partial charge in [0, 0.05) is 44.9 Å². The predicted molar refractivity (Wildman–Crippen MR) is 155 cm³/mol. The largest absolute Gasteiger partial charge is 0.497 e. The van der Waals surface area contributed by atoms with Crippen LogP contribution in [-0.2, 0) is 11.3 Å². The third-order valence-electron chi connectivity index (χ3n) is 7.00. The Morgan fingerprint density at radius 1 is 0.902 bits per heavy atom. The number of anilines is 1. The maximum absolute atomic E-state index is 13.1. The maximum Gasteiger partial charge on any atom is 0.321 e. The second-order valence-corrected chi connectivity index (χ2v) is 9.52. The summed E-state index contributed by atoms with van der Waals surface area (Å²) in [5.41, 5.74) is 3.18. The number of methoxy groups -OCH3 is 4. The van der Waals surface area contributed by atoms with Gasteiger partial charge in [-0.15, -0.1) is 0 Å². The number of nitriles is 1. The highest BCUT2D eigenvalue weighted by Crippen LogP contribution is 2.40. The van der Waals surface area contributed by atoms with Crippen LogP contribution in [0.25, 0.3) is 0 Å². The monoisotopic (exact) mass is 560 g/mol. The minimum Gasteiger partial charge on any atom is -0.497 e. The normalized spacial score (nSPS) is 14.1. The highest BCUT2D eigenvalue weighted by Gasteiger charge is 2.25. The Balaban J connectivity index is 1.38. The molecule has 1 unspecified atom stereocenters. The quantitative estimate of drug-likeness (QED) is 0.360. The van der Waals surface area contributed by atoms with E-state index in [0.717, 1.165) is 16.9 Å². The average molecular weight is 561 g/mol. The number of carbonyl (C=O) groups excluding carboxylic acids is 1. The van der Waals surface area contributed by atoms with Crippen LogP contribution in [0.15, 0.2) is 60.7 Å². The molecule has 216 valence electrons. The summed E-state index contributed by atoms with van der Waals surface area (Å²) in [5, 5.41) is 12.0. The van der Waals surface area contributed by atoms with Crippen molar-refractivity contribution >= 4 is 11.7 Å². The van der Waals surface area contributed by atoms with E-state index in [1.54, 1.807) is 36.3 Å². The Morgan fingerprint density at radius 2 is 1.59 bits per heavy atom. The van der Waals surface area contributed by atoms with Gasteiger partial charge in [-0.05, 0) is 35.4 Å². The van der Waals surface area contributed by atoms with E-state index < -0.39 is 0 Å². The number of hydrogen-bond donors (Lipinski definition) is 1. The molecule has 1 saturated heterocycles. The second kappa shape index (κ2) is 14.3. The van der Waals surface area contributed by atoms with Crippen LogP contribution in [0.2, 0.25) is 0 Å². The highest BCUT2D eigenvalue weighted by molar-refractivity contribution is 5.90. The summed E-state index contributed by atoms with van der Waals surface area (Å²) in [6, 6.07) is 20.7. The number of ether oxygens (including phenoxy) is 5. The molecule has 0 aliphatic carbocycles. The lowest BCUT2D eigenvalue weighted by Gasteiger charge is -2.36. The molecule has 1 aliphatic rings. The van der Waals surface area contributed by atoms with E-state index in [1.807, 2.05) is 36.4 Å². The number of hydrogen-bond acceptors (Lipinski definition) is 8. The lowest BCUT2D eigenvalue weighted by Crippen LogP contribution is -2.50. The van der Waals surface area contributed by atoms with Crippen LogP contribution in [0.3, 0.4) is 0 Å². The van der Waals surface area contributed by atoms with Gasteiger partial charge in [0.05, 0.1) is 58.5 Å². The van der Waals surface area contributed by atoms with Gasteiger partial charge in [0.2, 0.25) is 5.75 Å². The molecule has 4 rings (SSSR count). The van der Waals surface area contributed by atoms with Gasteiger partial charge in [-0.25, -0.2) is 4.79 Å². The number of carbonyl (C=O) groups is 1. The van der Waals surface area contributed by atoms with Crippen LogP contribution in [0.5, 0.6) is 23.0 Å². The number of piperazine rings is 1. The van der Waals surface area contributed by atoms with E-state index in [-0.39, 0.29) is 12.1 Å². The standard InChI is InChI=1S/C31H36N4O6/c1-37-26-7-5-6-24(16-26)29(41-21-23-10-8-22(19-32)9-11-23)20-34-12-14-35(15-13-34)31(36)33-25-17-27(38-2)30(40-4)28(18-25)39-3/h5-11,16-18,29H,12-15,20-21H2,1-4H3,(H,33,36). The van der Waals surface area contributed by atoms with Crippen molar-refractivity contribution in [3.05, 3.63) is 77.4 Å². The first kappa shape index (κ1) is 29.5. The summed E-state index contributed by atoms with van der Waals surface area (Å²) in [6.07, 6.45) is -0.208. The Bertz CT molecular complexity index is 1320. The van der Waals surface area contributed by atoms with E-state index in [1.165, 1.54) is 21.3 Å². The Kier molecular flexibility index (Phi) is 10.3. The van der Waals surface area contributed by atoms with Gasteiger partial charge in [-0.3, -0.25) is 4.90 Å². The van der Waals surface area contributed by atoms with Gasteiger partial charge in [0.25, 0.3) is 0 Å². The molecule has 3 aromatic rings. The van der Waals surface area contributed by atoms with Gasteiger partial charge in [-0.2, -0.15) is 5.26 Å². The molecule has 0 radical (unpaired) electrons. The lowest BCUT2D eigenvalue weighted by atomic mass is 10.1. The Labute approximate surface area is 240 Å². The van der Waals surface area contributed by atoms with E-state index in [2.05, 4.69) is 16.3 Å². The zero-order valence-electron chi connectivity index (χ0n) is 23.9. The zero-order valence-corrected chi connectivity index (χ0v) is 23.9. The number of nitrogens with one attached hydrogen (secondary N) is 1. The molecule has 1 aliphatic heterocycles. The number of benzene rings is 3. The van der Waals surface area contributed by atoms with Crippen LogP contribution < -0.4 is 24.3 Å².